The molecular formula is C15H27N7O2. The molecule has 1 aromatic rings. The second-order valence-corrected chi connectivity index (χ2v) is 6.69. The molecule has 2 N–H and O–H groups in total. The highest BCUT2D eigenvalue weighted by Gasteiger charge is 2.34. The molecule has 1 aliphatic heterocycles. The van der Waals surface area contributed by atoms with Gasteiger partial charge in [-0.05, 0) is 27.7 Å². The van der Waals surface area contributed by atoms with Crippen LogP contribution in [-0.4, -0.2) is 63.5 Å². The molecule has 0 spiro atoms. The van der Waals surface area contributed by atoms with Gasteiger partial charge in [-0.15, -0.1) is 10.2 Å². The van der Waals surface area contributed by atoms with Crippen molar-refractivity contribution in [2.45, 2.75) is 52.4 Å². The maximum atomic E-state index is 11.9. The third-order valence-electron chi connectivity index (χ3n) is 3.55. The monoisotopic (exact) mass is 337 g/mol. The number of nitrogens with one attached hydrogen (secondary N) is 2. The number of aromatic nitrogens is 3. The van der Waals surface area contributed by atoms with E-state index in [0.717, 1.165) is 12.4 Å². The number of hydrogen-bond donors (Lipinski definition) is 2. The summed E-state index contributed by atoms with van der Waals surface area (Å²) in [6.07, 6.45) is 1.43. The minimum Gasteiger partial charge on any atom is -0.444 e. The van der Waals surface area contributed by atoms with Gasteiger partial charge in [-0.3, -0.25) is 4.99 Å². The van der Waals surface area contributed by atoms with Gasteiger partial charge in [0.2, 0.25) is 0 Å². The van der Waals surface area contributed by atoms with E-state index in [1.54, 1.807) is 18.3 Å². The number of carbonyl (C=O) groups excluding carboxylic acids is 1. The molecule has 2 rings (SSSR count). The van der Waals surface area contributed by atoms with Crippen molar-refractivity contribution in [3.8, 4) is 0 Å². The van der Waals surface area contributed by atoms with Gasteiger partial charge in [0.25, 0.3) is 0 Å². The maximum absolute atomic E-state index is 11.9. The zero-order valence-corrected chi connectivity index (χ0v) is 15.0. The smallest absolute Gasteiger partial charge is 0.410 e. The van der Waals surface area contributed by atoms with E-state index in [2.05, 4.69) is 25.8 Å². The highest BCUT2D eigenvalue weighted by atomic mass is 16.6. The van der Waals surface area contributed by atoms with Gasteiger partial charge in [0, 0.05) is 26.7 Å². The van der Waals surface area contributed by atoms with Gasteiger partial charge in [0.05, 0.1) is 12.6 Å². The summed E-state index contributed by atoms with van der Waals surface area (Å²) in [5.41, 5.74) is -0.470. The van der Waals surface area contributed by atoms with E-state index in [0.29, 0.717) is 25.6 Å². The molecule has 0 atom stereocenters. The molecular weight excluding hydrogens is 310 g/mol. The van der Waals surface area contributed by atoms with Crippen molar-refractivity contribution in [2.24, 2.45) is 4.99 Å². The van der Waals surface area contributed by atoms with Crippen molar-refractivity contribution >= 4 is 12.1 Å². The summed E-state index contributed by atoms with van der Waals surface area (Å²) in [7, 11) is 1.71. The van der Waals surface area contributed by atoms with E-state index in [1.807, 2.05) is 32.3 Å². The van der Waals surface area contributed by atoms with Crippen LogP contribution in [0.3, 0.4) is 0 Å². The number of guanidine groups is 1. The first-order valence-electron chi connectivity index (χ1n) is 8.14. The van der Waals surface area contributed by atoms with Crippen molar-refractivity contribution in [3.05, 3.63) is 12.2 Å². The lowest BCUT2D eigenvalue weighted by Gasteiger charge is -2.40. The SMILES string of the molecule is CCn1cnnc1CNC(=NC)NC1CN(C(=O)OC(C)(C)C)C1. The minimum absolute atomic E-state index is 0.160. The first-order valence-corrected chi connectivity index (χ1v) is 8.14. The Morgan fingerprint density at radius 2 is 2.17 bits per heavy atom. The molecule has 1 amide bonds. The topological polar surface area (TPSA) is 96.7 Å². The van der Waals surface area contributed by atoms with E-state index < -0.39 is 5.60 Å². The highest BCUT2D eigenvalue weighted by molar-refractivity contribution is 5.80. The van der Waals surface area contributed by atoms with Crippen molar-refractivity contribution in [2.75, 3.05) is 20.1 Å². The lowest BCUT2D eigenvalue weighted by atomic mass is 10.1. The Kier molecular flexibility index (Phi) is 5.63. The van der Waals surface area contributed by atoms with E-state index in [4.69, 9.17) is 4.74 Å². The second kappa shape index (κ2) is 7.50. The van der Waals surface area contributed by atoms with Gasteiger partial charge in [-0.1, -0.05) is 0 Å². The lowest BCUT2D eigenvalue weighted by molar-refractivity contribution is 0.00701. The molecule has 134 valence electrons. The fourth-order valence-corrected chi connectivity index (χ4v) is 2.28. The molecule has 0 unspecified atom stereocenters. The number of aliphatic imine (C=N–C) groups is 1. The average molecular weight is 337 g/mol. The molecule has 1 aliphatic rings. The lowest BCUT2D eigenvalue weighted by Crippen LogP contribution is -2.63. The molecule has 0 radical (unpaired) electrons. The van der Waals surface area contributed by atoms with E-state index in [1.165, 1.54) is 0 Å². The van der Waals surface area contributed by atoms with Crippen LogP contribution in [0, 0.1) is 0 Å². The third-order valence-corrected chi connectivity index (χ3v) is 3.55. The average Bonchev–Trinajstić information content (AvgIpc) is 2.90. The zero-order valence-electron chi connectivity index (χ0n) is 15.0. The summed E-state index contributed by atoms with van der Waals surface area (Å²) < 4.78 is 7.30. The second-order valence-electron chi connectivity index (χ2n) is 6.69. The minimum atomic E-state index is -0.470. The van der Waals surface area contributed by atoms with Gasteiger partial charge >= 0.3 is 6.09 Å². The molecule has 9 heteroatoms. The Balaban J connectivity index is 1.74. The molecule has 24 heavy (non-hydrogen) atoms. The summed E-state index contributed by atoms with van der Waals surface area (Å²) in [5.74, 6) is 1.53. The number of ether oxygens (including phenoxy) is 1. The standard InChI is InChI=1S/C15H27N7O2/c1-6-21-10-18-20-12(21)7-17-13(16-5)19-11-8-22(9-11)14(23)24-15(2,3)4/h10-11H,6-9H2,1-5H3,(H2,16,17,19). The zero-order chi connectivity index (χ0) is 17.7. The largest absolute Gasteiger partial charge is 0.444 e. The normalized spacial score (nSPS) is 15.9. The van der Waals surface area contributed by atoms with Gasteiger partial charge < -0.3 is 24.8 Å². The van der Waals surface area contributed by atoms with Crippen molar-refractivity contribution in [1.29, 1.82) is 0 Å². The van der Waals surface area contributed by atoms with Crippen LogP contribution in [0.25, 0.3) is 0 Å². The van der Waals surface area contributed by atoms with Crippen LogP contribution in [-0.2, 0) is 17.8 Å². The number of likely N-dealkylation sites (tertiary alicyclic amines) is 1. The number of carbonyl (C=O) groups is 1. The van der Waals surface area contributed by atoms with Crippen LogP contribution >= 0.6 is 0 Å². The Morgan fingerprint density at radius 3 is 2.75 bits per heavy atom. The van der Waals surface area contributed by atoms with Crippen LogP contribution in [0.1, 0.15) is 33.5 Å². The summed E-state index contributed by atoms with van der Waals surface area (Å²) in [5, 5.41) is 14.5. The summed E-state index contributed by atoms with van der Waals surface area (Å²) >= 11 is 0. The molecule has 1 aromatic heterocycles. The highest BCUT2D eigenvalue weighted by Crippen LogP contribution is 2.15. The number of amides is 1. The predicted molar refractivity (Wildman–Crippen MR) is 90.6 cm³/mol. The first-order chi connectivity index (χ1) is 11.3. The van der Waals surface area contributed by atoms with Crippen molar-refractivity contribution < 1.29 is 9.53 Å². The molecule has 0 saturated carbocycles. The Bertz CT molecular complexity index is 585. The van der Waals surface area contributed by atoms with Crippen LogP contribution < -0.4 is 10.6 Å². The van der Waals surface area contributed by atoms with Gasteiger partial charge in [-0.2, -0.15) is 0 Å². The predicted octanol–water partition coefficient (Wildman–Crippen LogP) is 0.582. The Morgan fingerprint density at radius 1 is 1.46 bits per heavy atom. The molecule has 9 nitrogen and oxygen atoms in total. The molecule has 1 saturated heterocycles. The first kappa shape index (κ1) is 18.0. The van der Waals surface area contributed by atoms with Crippen LogP contribution in [0.4, 0.5) is 4.79 Å². The van der Waals surface area contributed by atoms with Gasteiger partial charge in [-0.25, -0.2) is 4.79 Å². The van der Waals surface area contributed by atoms with Crippen molar-refractivity contribution in [3.63, 3.8) is 0 Å². The van der Waals surface area contributed by atoms with Gasteiger partial charge in [0.1, 0.15) is 11.9 Å². The van der Waals surface area contributed by atoms with Crippen LogP contribution in [0.15, 0.2) is 11.3 Å². The van der Waals surface area contributed by atoms with Gasteiger partial charge in [0.15, 0.2) is 11.8 Å². The summed E-state index contributed by atoms with van der Waals surface area (Å²) in [6, 6.07) is 0.160. The van der Waals surface area contributed by atoms with E-state index >= 15 is 0 Å². The Labute approximate surface area is 142 Å². The number of rotatable bonds is 4. The molecule has 0 bridgehead atoms. The molecule has 0 aliphatic carbocycles. The Hall–Kier alpha value is -2.32. The fraction of sp³-hybridized carbons (Fsp3) is 0.733. The van der Waals surface area contributed by atoms with E-state index in [9.17, 15) is 4.79 Å². The molecule has 2 heterocycles. The summed E-state index contributed by atoms with van der Waals surface area (Å²) in [4.78, 5) is 17.8. The number of hydrogen-bond acceptors (Lipinski definition) is 5. The quantitative estimate of drug-likeness (QED) is 0.616. The van der Waals surface area contributed by atoms with E-state index in [-0.39, 0.29) is 12.1 Å². The molecule has 0 aromatic carbocycles. The third kappa shape index (κ3) is 4.84. The van der Waals surface area contributed by atoms with Crippen LogP contribution in [0.2, 0.25) is 0 Å². The number of nitrogens with zero attached hydrogens (tertiary/aromatic N) is 5. The van der Waals surface area contributed by atoms with Crippen LogP contribution in [0.5, 0.6) is 0 Å². The maximum Gasteiger partial charge on any atom is 0.410 e. The molecule has 1 fully saturated rings. The fourth-order valence-electron chi connectivity index (χ4n) is 2.28. The summed E-state index contributed by atoms with van der Waals surface area (Å²) in [6.45, 7) is 10.2. The number of aryl methyl sites for hydroxylation is 1. The van der Waals surface area contributed by atoms with Crippen molar-refractivity contribution in [1.82, 2.24) is 30.3 Å².